The van der Waals surface area contributed by atoms with Gasteiger partial charge in [0.15, 0.2) is 25.0 Å². The van der Waals surface area contributed by atoms with E-state index >= 15 is 0 Å². The summed E-state index contributed by atoms with van der Waals surface area (Å²) in [6, 6.07) is 0. The molecular formula is C25H35NO6. The smallest absolute Gasteiger partial charge is 0.228 e. The Morgan fingerprint density at radius 3 is 2.56 bits per heavy atom. The number of fused-ring (bicyclic) bond motifs is 7. The normalized spacial score (nSPS) is 57.0. The zero-order chi connectivity index (χ0) is 22.7. The molecule has 7 nitrogen and oxygen atoms in total. The molecule has 0 aromatic carbocycles. The molecular weight excluding hydrogens is 410 g/mol. The number of ketones is 2. The minimum absolute atomic E-state index is 0.0823. The number of hydrogen-bond acceptors (Lipinski definition) is 7. The molecule has 2 aliphatic heterocycles. The van der Waals surface area contributed by atoms with Gasteiger partial charge in [-0.3, -0.25) is 9.59 Å². The van der Waals surface area contributed by atoms with Crippen molar-refractivity contribution in [3.05, 3.63) is 11.6 Å². The van der Waals surface area contributed by atoms with E-state index in [4.69, 9.17) is 24.7 Å². The molecule has 6 rings (SSSR count). The average molecular weight is 446 g/mol. The third-order valence-electron chi connectivity index (χ3n) is 10.4. The second kappa shape index (κ2) is 6.30. The van der Waals surface area contributed by atoms with Crippen LogP contribution in [0.4, 0.5) is 0 Å². The van der Waals surface area contributed by atoms with Gasteiger partial charge in [0, 0.05) is 29.7 Å². The minimum Gasteiger partial charge on any atom is -0.350 e. The van der Waals surface area contributed by atoms with Gasteiger partial charge in [0.25, 0.3) is 0 Å². The van der Waals surface area contributed by atoms with Crippen molar-refractivity contribution in [3.8, 4) is 0 Å². The number of nitrogens with two attached hydrogens (primary N) is 1. The Morgan fingerprint density at radius 1 is 1.09 bits per heavy atom. The minimum atomic E-state index is -1.08. The van der Waals surface area contributed by atoms with Gasteiger partial charge in [0.05, 0.1) is 0 Å². The second-order valence-electron chi connectivity index (χ2n) is 12.0. The topological polar surface area (TPSA) is 97.1 Å². The Labute approximate surface area is 189 Å². The summed E-state index contributed by atoms with van der Waals surface area (Å²) in [5, 5.41) is 0. The van der Waals surface area contributed by atoms with Crippen LogP contribution < -0.4 is 5.73 Å². The molecule has 0 bridgehead atoms. The van der Waals surface area contributed by atoms with Crippen LogP contribution in [0.3, 0.4) is 0 Å². The van der Waals surface area contributed by atoms with E-state index in [-0.39, 0.29) is 60.8 Å². The Bertz CT molecular complexity index is 916. The largest absolute Gasteiger partial charge is 0.350 e. The fourth-order valence-electron chi connectivity index (χ4n) is 9.47. The summed E-state index contributed by atoms with van der Waals surface area (Å²) in [6.45, 7) is 9.12. The van der Waals surface area contributed by atoms with Gasteiger partial charge < -0.3 is 24.7 Å². The van der Waals surface area contributed by atoms with Gasteiger partial charge in [-0.25, -0.2) is 0 Å². The Hall–Kier alpha value is -1.12. The second-order valence-corrected chi connectivity index (χ2v) is 12.0. The molecule has 32 heavy (non-hydrogen) atoms. The molecule has 2 heterocycles. The Morgan fingerprint density at radius 2 is 1.84 bits per heavy atom. The molecule has 0 radical (unpaired) electrons. The van der Waals surface area contributed by atoms with Gasteiger partial charge in [-0.2, -0.15) is 0 Å². The molecule has 176 valence electrons. The summed E-state index contributed by atoms with van der Waals surface area (Å²) >= 11 is 0. The van der Waals surface area contributed by atoms with Crippen LogP contribution in [-0.4, -0.2) is 48.7 Å². The van der Waals surface area contributed by atoms with E-state index in [0.29, 0.717) is 12.8 Å². The van der Waals surface area contributed by atoms with Crippen molar-refractivity contribution in [2.45, 2.75) is 76.7 Å². The molecule has 0 aromatic heterocycles. The van der Waals surface area contributed by atoms with Gasteiger partial charge in [0.1, 0.15) is 12.4 Å². The molecule has 9 unspecified atom stereocenters. The highest BCUT2D eigenvalue weighted by molar-refractivity contribution is 5.93. The predicted octanol–water partition coefficient (Wildman–Crippen LogP) is 2.71. The highest BCUT2D eigenvalue weighted by atomic mass is 16.9. The van der Waals surface area contributed by atoms with Crippen LogP contribution in [0.5, 0.6) is 0 Å². The fraction of sp³-hybridized carbons (Fsp3) is 0.840. The molecule has 0 amide bonds. The molecule has 2 spiro atoms. The third kappa shape index (κ3) is 2.21. The SMILES string of the molecule is CC1CC2C(C(=O)CC3(C)C2CC(C)(N)C32OCOC23COCO3)C2(C)CCC(=O)C=C12. The van der Waals surface area contributed by atoms with Crippen LogP contribution in [0, 0.1) is 34.5 Å². The molecule has 7 heteroatoms. The Kier molecular flexibility index (Phi) is 4.22. The maximum atomic E-state index is 14.1. The fourth-order valence-corrected chi connectivity index (χ4v) is 9.47. The summed E-state index contributed by atoms with van der Waals surface area (Å²) < 4.78 is 24.3. The first-order chi connectivity index (χ1) is 15.0. The molecule has 5 fully saturated rings. The van der Waals surface area contributed by atoms with Gasteiger partial charge in [-0.1, -0.05) is 26.3 Å². The molecule has 2 saturated heterocycles. The Balaban J connectivity index is 1.49. The molecule has 3 saturated carbocycles. The number of ether oxygens (including phenoxy) is 4. The number of carbonyl (C=O) groups is 2. The van der Waals surface area contributed by atoms with Gasteiger partial charge >= 0.3 is 0 Å². The number of allylic oxidation sites excluding steroid dienone is 1. The monoisotopic (exact) mass is 445 g/mol. The lowest BCUT2D eigenvalue weighted by molar-refractivity contribution is -0.259. The maximum Gasteiger partial charge on any atom is 0.228 e. The van der Waals surface area contributed by atoms with Crippen molar-refractivity contribution in [1.82, 2.24) is 0 Å². The van der Waals surface area contributed by atoms with Crippen molar-refractivity contribution in [2.24, 2.45) is 40.2 Å². The molecule has 2 N–H and O–H groups in total. The van der Waals surface area contributed by atoms with Crippen LogP contribution in [0.25, 0.3) is 0 Å². The van der Waals surface area contributed by atoms with E-state index in [1.807, 2.05) is 13.0 Å². The number of carbonyl (C=O) groups excluding carboxylic acids is 2. The van der Waals surface area contributed by atoms with E-state index in [1.54, 1.807) is 0 Å². The molecule has 4 aliphatic carbocycles. The lowest BCUT2D eigenvalue weighted by atomic mass is 9.44. The number of hydrogen-bond donors (Lipinski definition) is 1. The van der Waals surface area contributed by atoms with Crippen molar-refractivity contribution >= 4 is 11.6 Å². The lowest BCUT2D eigenvalue weighted by Crippen LogP contribution is -2.74. The summed E-state index contributed by atoms with van der Waals surface area (Å²) in [7, 11) is 0. The number of rotatable bonds is 0. The van der Waals surface area contributed by atoms with Crippen molar-refractivity contribution < 1.29 is 28.5 Å². The lowest BCUT2D eigenvalue weighted by Gasteiger charge is -2.60. The highest BCUT2D eigenvalue weighted by Crippen LogP contribution is 2.73. The van der Waals surface area contributed by atoms with Crippen LogP contribution in [-0.2, 0) is 28.5 Å². The van der Waals surface area contributed by atoms with E-state index in [0.717, 1.165) is 19.3 Å². The first-order valence-corrected chi connectivity index (χ1v) is 12.1. The van der Waals surface area contributed by atoms with Crippen LogP contribution in [0.1, 0.15) is 59.8 Å². The van der Waals surface area contributed by atoms with Crippen molar-refractivity contribution in [1.29, 1.82) is 0 Å². The predicted molar refractivity (Wildman–Crippen MR) is 114 cm³/mol. The average Bonchev–Trinajstić information content (AvgIpc) is 3.38. The van der Waals surface area contributed by atoms with E-state index in [2.05, 4.69) is 20.8 Å². The van der Waals surface area contributed by atoms with Gasteiger partial charge in [-0.05, 0) is 55.4 Å². The molecule has 6 aliphatic rings. The van der Waals surface area contributed by atoms with E-state index in [9.17, 15) is 9.59 Å². The molecule has 9 atom stereocenters. The summed E-state index contributed by atoms with van der Waals surface area (Å²) in [5.41, 5.74) is 5.79. The van der Waals surface area contributed by atoms with Crippen LogP contribution in [0.15, 0.2) is 11.6 Å². The summed E-state index contributed by atoms with van der Waals surface area (Å²) in [6.07, 6.45) is 5.14. The van der Waals surface area contributed by atoms with Crippen molar-refractivity contribution in [3.63, 3.8) is 0 Å². The van der Waals surface area contributed by atoms with Crippen LogP contribution in [0.2, 0.25) is 0 Å². The summed E-state index contributed by atoms with van der Waals surface area (Å²) in [5.74, 6) is -0.0476. The molecule has 0 aromatic rings. The van der Waals surface area contributed by atoms with Crippen molar-refractivity contribution in [2.75, 3.05) is 20.2 Å². The van der Waals surface area contributed by atoms with Gasteiger partial charge in [-0.15, -0.1) is 0 Å². The summed E-state index contributed by atoms with van der Waals surface area (Å²) in [4.78, 5) is 26.3. The van der Waals surface area contributed by atoms with Crippen LogP contribution >= 0.6 is 0 Å². The first-order valence-electron chi connectivity index (χ1n) is 12.1. The van der Waals surface area contributed by atoms with E-state index in [1.165, 1.54) is 5.57 Å². The van der Waals surface area contributed by atoms with Gasteiger partial charge in [0.2, 0.25) is 5.79 Å². The highest BCUT2D eigenvalue weighted by Gasteiger charge is 2.83. The zero-order valence-electron chi connectivity index (χ0n) is 19.6. The first kappa shape index (κ1) is 21.4. The third-order valence-corrected chi connectivity index (χ3v) is 10.4. The maximum absolute atomic E-state index is 14.1. The number of Topliss-reactive ketones (excluding diaryl/α,β-unsaturated/α-hetero) is 1. The quantitative estimate of drug-likeness (QED) is 0.612. The standard InChI is InChI=1S/C25H35NO6/c1-14-7-16-18-9-23(4,26)25(24(31-13-32-25)11-29-12-30-24)22(18,3)10-19(28)20(16)21(2)6-5-15(27)8-17(14)21/h8,14,16,18,20H,5-7,9-13,26H2,1-4H3. The van der Waals surface area contributed by atoms with E-state index < -0.39 is 22.3 Å². The zero-order valence-corrected chi connectivity index (χ0v) is 19.6.